The summed E-state index contributed by atoms with van der Waals surface area (Å²) >= 11 is 0. The zero-order valence-corrected chi connectivity index (χ0v) is 10.3. The molecule has 2 aromatic rings. The van der Waals surface area contributed by atoms with Crippen LogP contribution in [0.15, 0.2) is 36.4 Å². The molecule has 0 saturated heterocycles. The Morgan fingerprint density at radius 3 is 2.32 bits per heavy atom. The van der Waals surface area contributed by atoms with Crippen molar-refractivity contribution in [1.29, 1.82) is 0 Å². The minimum absolute atomic E-state index is 0.138. The number of halogens is 3. The molecule has 2 aromatic carbocycles. The second kappa shape index (κ2) is 5.22. The van der Waals surface area contributed by atoms with Crippen LogP contribution in [0, 0.1) is 17.5 Å². The van der Waals surface area contributed by atoms with E-state index in [2.05, 4.69) is 0 Å². The highest BCUT2D eigenvalue weighted by Crippen LogP contribution is 2.25. The fourth-order valence-electron chi connectivity index (χ4n) is 1.88. The average molecular weight is 266 g/mol. The van der Waals surface area contributed by atoms with E-state index < -0.39 is 17.5 Å². The molecule has 0 unspecified atom stereocenters. The maximum Gasteiger partial charge on any atom is 0.128 e. The first kappa shape index (κ1) is 13.3. The molecule has 0 aliphatic carbocycles. The number of rotatable bonds is 3. The van der Waals surface area contributed by atoms with E-state index in [0.29, 0.717) is 5.69 Å². The van der Waals surface area contributed by atoms with Gasteiger partial charge in [0.1, 0.15) is 17.5 Å². The Hall–Kier alpha value is -2.17. The highest BCUT2D eigenvalue weighted by molar-refractivity contribution is 5.67. The third-order valence-corrected chi connectivity index (χ3v) is 2.82. The maximum absolute atomic E-state index is 13.5. The lowest BCUT2D eigenvalue weighted by Gasteiger charge is -2.21. The van der Waals surface area contributed by atoms with Gasteiger partial charge in [0.25, 0.3) is 0 Å². The first-order chi connectivity index (χ1) is 8.97. The summed E-state index contributed by atoms with van der Waals surface area (Å²) in [6, 6.07) is 7.23. The molecule has 2 rings (SSSR count). The maximum atomic E-state index is 13.5. The zero-order chi connectivity index (χ0) is 14.0. The van der Waals surface area contributed by atoms with Crippen LogP contribution >= 0.6 is 0 Å². The summed E-state index contributed by atoms with van der Waals surface area (Å²) in [5, 5.41) is 0. The zero-order valence-electron chi connectivity index (χ0n) is 10.3. The van der Waals surface area contributed by atoms with E-state index in [1.165, 1.54) is 18.2 Å². The second-order valence-electron chi connectivity index (χ2n) is 4.29. The molecule has 5 heteroatoms. The van der Waals surface area contributed by atoms with E-state index in [1.807, 2.05) is 0 Å². The number of nitrogen functional groups attached to an aromatic ring is 1. The Morgan fingerprint density at radius 1 is 1.00 bits per heavy atom. The van der Waals surface area contributed by atoms with Gasteiger partial charge in [-0.15, -0.1) is 0 Å². The lowest BCUT2D eigenvalue weighted by molar-refractivity contribution is 0.583. The van der Waals surface area contributed by atoms with E-state index in [0.717, 1.165) is 18.2 Å². The van der Waals surface area contributed by atoms with Crippen LogP contribution in [0.25, 0.3) is 0 Å². The molecule has 19 heavy (non-hydrogen) atoms. The van der Waals surface area contributed by atoms with Crippen molar-refractivity contribution in [1.82, 2.24) is 0 Å². The molecule has 0 aliphatic heterocycles. The van der Waals surface area contributed by atoms with Crippen LogP contribution in [0.2, 0.25) is 0 Å². The standard InChI is InChI=1S/C14H13F3N2/c1-19(14-5-3-11(16)7-13(14)18)8-9-6-10(15)2-4-12(9)17/h2-7H,8,18H2,1H3. The number of anilines is 2. The first-order valence-corrected chi connectivity index (χ1v) is 5.67. The van der Waals surface area contributed by atoms with Gasteiger partial charge in [0.2, 0.25) is 0 Å². The van der Waals surface area contributed by atoms with Crippen LogP contribution in [-0.2, 0) is 6.54 Å². The number of nitrogens with two attached hydrogens (primary N) is 1. The van der Waals surface area contributed by atoms with Crippen LogP contribution in [0.3, 0.4) is 0 Å². The third kappa shape index (κ3) is 2.99. The quantitative estimate of drug-likeness (QED) is 0.863. The van der Waals surface area contributed by atoms with Crippen molar-refractivity contribution < 1.29 is 13.2 Å². The predicted octanol–water partition coefficient (Wildman–Crippen LogP) is 3.32. The molecule has 0 heterocycles. The van der Waals surface area contributed by atoms with Gasteiger partial charge in [-0.25, -0.2) is 13.2 Å². The molecule has 0 atom stereocenters. The molecule has 2 nitrogen and oxygen atoms in total. The van der Waals surface area contributed by atoms with Gasteiger partial charge in [-0.3, -0.25) is 0 Å². The van der Waals surface area contributed by atoms with Crippen LogP contribution in [0.1, 0.15) is 5.56 Å². The van der Waals surface area contributed by atoms with E-state index in [4.69, 9.17) is 5.73 Å². The normalized spacial score (nSPS) is 10.5. The molecule has 0 bridgehead atoms. The van der Waals surface area contributed by atoms with Crippen LogP contribution in [0.5, 0.6) is 0 Å². The molecular formula is C14H13F3N2. The molecule has 0 amide bonds. The Balaban J connectivity index is 2.25. The third-order valence-electron chi connectivity index (χ3n) is 2.82. The van der Waals surface area contributed by atoms with Gasteiger partial charge in [-0.05, 0) is 36.4 Å². The highest BCUT2D eigenvalue weighted by atomic mass is 19.1. The smallest absolute Gasteiger partial charge is 0.128 e. The van der Waals surface area contributed by atoms with Crippen molar-refractivity contribution in [2.45, 2.75) is 6.54 Å². The monoisotopic (exact) mass is 266 g/mol. The van der Waals surface area contributed by atoms with E-state index in [1.54, 1.807) is 11.9 Å². The number of hydrogen-bond donors (Lipinski definition) is 1. The summed E-state index contributed by atoms with van der Waals surface area (Å²) in [5.74, 6) is -1.43. The second-order valence-corrected chi connectivity index (χ2v) is 4.29. The lowest BCUT2D eigenvalue weighted by atomic mass is 10.1. The Bertz CT molecular complexity index is 599. The fourth-order valence-corrected chi connectivity index (χ4v) is 1.88. The molecule has 0 aliphatic rings. The predicted molar refractivity (Wildman–Crippen MR) is 69.3 cm³/mol. The topological polar surface area (TPSA) is 29.3 Å². The van der Waals surface area contributed by atoms with E-state index in [9.17, 15) is 13.2 Å². The molecule has 0 spiro atoms. The summed E-state index contributed by atoms with van der Waals surface area (Å²) < 4.78 is 39.5. The first-order valence-electron chi connectivity index (χ1n) is 5.67. The number of hydrogen-bond acceptors (Lipinski definition) is 2. The van der Waals surface area contributed by atoms with Gasteiger partial charge in [0, 0.05) is 19.2 Å². The fraction of sp³-hybridized carbons (Fsp3) is 0.143. The van der Waals surface area contributed by atoms with Gasteiger partial charge in [0.15, 0.2) is 0 Å². The van der Waals surface area contributed by atoms with Gasteiger partial charge in [-0.2, -0.15) is 0 Å². The van der Waals surface area contributed by atoms with E-state index in [-0.39, 0.29) is 17.8 Å². The average Bonchev–Trinajstić information content (AvgIpc) is 2.33. The Morgan fingerprint density at radius 2 is 1.63 bits per heavy atom. The minimum Gasteiger partial charge on any atom is -0.397 e. The summed E-state index contributed by atoms with van der Waals surface area (Å²) in [5.41, 5.74) is 6.72. The summed E-state index contributed by atoms with van der Waals surface area (Å²) in [6.07, 6.45) is 0. The van der Waals surface area contributed by atoms with Crippen molar-refractivity contribution in [2.75, 3.05) is 17.7 Å². The molecule has 0 saturated carbocycles. The lowest BCUT2D eigenvalue weighted by Crippen LogP contribution is -2.18. The largest absolute Gasteiger partial charge is 0.397 e. The summed E-state index contributed by atoms with van der Waals surface area (Å²) in [4.78, 5) is 1.63. The van der Waals surface area contributed by atoms with E-state index >= 15 is 0 Å². The molecule has 0 aromatic heterocycles. The number of benzene rings is 2. The van der Waals surface area contributed by atoms with Gasteiger partial charge < -0.3 is 10.6 Å². The molecule has 100 valence electrons. The van der Waals surface area contributed by atoms with Crippen molar-refractivity contribution in [3.63, 3.8) is 0 Å². The molecule has 2 N–H and O–H groups in total. The SMILES string of the molecule is CN(Cc1cc(F)ccc1F)c1ccc(F)cc1N. The minimum atomic E-state index is -0.503. The van der Waals surface area contributed by atoms with Gasteiger partial charge >= 0.3 is 0 Å². The number of nitrogens with zero attached hydrogens (tertiary/aromatic N) is 1. The Kier molecular flexibility index (Phi) is 3.64. The summed E-state index contributed by atoms with van der Waals surface area (Å²) in [6.45, 7) is 0.138. The molecular weight excluding hydrogens is 253 g/mol. The molecule has 0 radical (unpaired) electrons. The van der Waals surface area contributed by atoms with Crippen molar-refractivity contribution >= 4 is 11.4 Å². The molecule has 0 fully saturated rings. The van der Waals surface area contributed by atoms with Gasteiger partial charge in [-0.1, -0.05) is 0 Å². The van der Waals surface area contributed by atoms with Crippen molar-refractivity contribution in [2.24, 2.45) is 0 Å². The summed E-state index contributed by atoms with van der Waals surface area (Å²) in [7, 11) is 1.67. The van der Waals surface area contributed by atoms with Crippen molar-refractivity contribution in [3.8, 4) is 0 Å². The van der Waals surface area contributed by atoms with Crippen LogP contribution in [0.4, 0.5) is 24.5 Å². The highest BCUT2D eigenvalue weighted by Gasteiger charge is 2.10. The van der Waals surface area contributed by atoms with Crippen molar-refractivity contribution in [3.05, 3.63) is 59.4 Å². The van der Waals surface area contributed by atoms with Gasteiger partial charge in [0.05, 0.1) is 11.4 Å². The Labute approximate surface area is 109 Å². The van der Waals surface area contributed by atoms with Crippen LogP contribution in [-0.4, -0.2) is 7.05 Å². The van der Waals surface area contributed by atoms with Crippen LogP contribution < -0.4 is 10.6 Å².